The Labute approximate surface area is 224 Å². The first-order chi connectivity index (χ1) is 18.3. The molecule has 1 aliphatic heterocycles. The Balaban J connectivity index is 1.57. The van der Waals surface area contributed by atoms with Crippen LogP contribution in [0.2, 0.25) is 0 Å². The molecule has 0 unspecified atom stereocenters. The highest BCUT2D eigenvalue weighted by molar-refractivity contribution is 5.79. The summed E-state index contributed by atoms with van der Waals surface area (Å²) in [6.07, 6.45) is 1.12. The van der Waals surface area contributed by atoms with Crippen molar-refractivity contribution >= 4 is 34.6 Å². The van der Waals surface area contributed by atoms with Crippen LogP contribution in [-0.4, -0.2) is 44.1 Å². The van der Waals surface area contributed by atoms with Crippen LogP contribution in [0.15, 0.2) is 72.8 Å². The van der Waals surface area contributed by atoms with Gasteiger partial charge in [-0.3, -0.25) is 14.4 Å². The molecule has 0 saturated carbocycles. The smallest absolute Gasteiger partial charge is 0.310 e. The minimum Gasteiger partial charge on any atom is -0.466 e. The highest BCUT2D eigenvalue weighted by Crippen LogP contribution is 2.27. The Hall–Kier alpha value is -4.13. The maximum Gasteiger partial charge on any atom is 0.310 e. The van der Waals surface area contributed by atoms with Gasteiger partial charge in [-0.15, -0.1) is 0 Å². The van der Waals surface area contributed by atoms with E-state index in [9.17, 15) is 14.4 Å². The molecule has 1 saturated heterocycles. The fraction of sp³-hybridized carbons (Fsp3) is 0.323. The molecular weight excluding hydrogens is 478 g/mol. The predicted molar refractivity (Wildman–Crippen MR) is 150 cm³/mol. The van der Waals surface area contributed by atoms with Crippen molar-refractivity contribution in [3.05, 3.63) is 89.5 Å². The molecular formula is C31H35N3O4. The summed E-state index contributed by atoms with van der Waals surface area (Å²) in [4.78, 5) is 41.8. The number of carbonyl (C=O) groups is 3. The molecule has 4 rings (SSSR count). The molecule has 0 radical (unpaired) electrons. The number of nitrogens with zero attached hydrogens (tertiary/aromatic N) is 3. The molecule has 0 bridgehead atoms. The highest BCUT2D eigenvalue weighted by Gasteiger charge is 2.24. The molecule has 3 aromatic carbocycles. The van der Waals surface area contributed by atoms with Crippen molar-refractivity contribution in [3.63, 3.8) is 0 Å². The molecule has 1 heterocycles. The zero-order valence-electron chi connectivity index (χ0n) is 22.4. The highest BCUT2D eigenvalue weighted by atomic mass is 16.5. The standard InChI is InChI=1S/C31H35N3O4/c1-4-38-31(37)19-27-9-15-30(16-10-27)34-21-32(28-11-5-25(6-12-28)17-23(2)35)20-33(22-34)29-13-7-26(8-14-29)18-24(3)36/h5-16H,4,17-22H2,1-3H3. The van der Waals surface area contributed by atoms with E-state index in [1.54, 1.807) is 13.8 Å². The third-order valence-electron chi connectivity index (χ3n) is 6.49. The SMILES string of the molecule is CCOC(=O)Cc1ccc(N2CN(c3ccc(CC(C)=O)cc3)CN(c3ccc(CC(C)=O)cc3)C2)cc1. The maximum atomic E-state index is 11.9. The number of ether oxygens (including phenoxy) is 1. The molecule has 7 nitrogen and oxygen atoms in total. The van der Waals surface area contributed by atoms with Crippen molar-refractivity contribution in [3.8, 4) is 0 Å². The van der Waals surface area contributed by atoms with Gasteiger partial charge in [0.1, 0.15) is 11.6 Å². The normalized spacial score (nSPS) is 13.4. The Morgan fingerprint density at radius 1 is 0.579 bits per heavy atom. The average Bonchev–Trinajstić information content (AvgIpc) is 2.89. The van der Waals surface area contributed by atoms with Crippen LogP contribution in [0.4, 0.5) is 17.1 Å². The van der Waals surface area contributed by atoms with Gasteiger partial charge in [-0.05, 0) is 73.9 Å². The van der Waals surface area contributed by atoms with Crippen molar-refractivity contribution in [1.82, 2.24) is 0 Å². The second-order valence-corrected chi connectivity index (χ2v) is 9.78. The van der Waals surface area contributed by atoms with Gasteiger partial charge in [0.25, 0.3) is 0 Å². The minimum absolute atomic E-state index is 0.146. The van der Waals surface area contributed by atoms with Crippen molar-refractivity contribution in [2.75, 3.05) is 41.3 Å². The van der Waals surface area contributed by atoms with Crippen LogP contribution >= 0.6 is 0 Å². The predicted octanol–water partition coefficient (Wildman–Crippen LogP) is 4.76. The van der Waals surface area contributed by atoms with Gasteiger partial charge in [-0.1, -0.05) is 36.4 Å². The summed E-state index contributed by atoms with van der Waals surface area (Å²) in [5.74, 6) is 0.0670. The molecule has 38 heavy (non-hydrogen) atoms. The monoisotopic (exact) mass is 513 g/mol. The van der Waals surface area contributed by atoms with Gasteiger partial charge in [0, 0.05) is 29.9 Å². The summed E-state index contributed by atoms with van der Waals surface area (Å²) in [7, 11) is 0. The average molecular weight is 514 g/mol. The summed E-state index contributed by atoms with van der Waals surface area (Å²) < 4.78 is 5.08. The third-order valence-corrected chi connectivity index (χ3v) is 6.49. The lowest BCUT2D eigenvalue weighted by atomic mass is 10.1. The summed E-state index contributed by atoms with van der Waals surface area (Å²) in [6, 6.07) is 24.4. The van der Waals surface area contributed by atoms with E-state index in [-0.39, 0.29) is 24.0 Å². The van der Waals surface area contributed by atoms with Gasteiger partial charge in [0.05, 0.1) is 33.0 Å². The molecule has 0 spiro atoms. The largest absolute Gasteiger partial charge is 0.466 e. The molecule has 0 amide bonds. The Kier molecular flexibility index (Phi) is 8.79. The summed E-state index contributed by atoms with van der Waals surface area (Å²) >= 11 is 0. The number of hydrogen-bond donors (Lipinski definition) is 0. The Morgan fingerprint density at radius 3 is 1.18 bits per heavy atom. The van der Waals surface area contributed by atoms with Gasteiger partial charge >= 0.3 is 5.97 Å². The number of esters is 1. The van der Waals surface area contributed by atoms with Crippen molar-refractivity contribution in [2.24, 2.45) is 0 Å². The Morgan fingerprint density at radius 2 is 0.895 bits per heavy atom. The van der Waals surface area contributed by atoms with E-state index >= 15 is 0 Å². The number of rotatable bonds is 10. The lowest BCUT2D eigenvalue weighted by molar-refractivity contribution is -0.142. The molecule has 0 aliphatic carbocycles. The van der Waals surface area contributed by atoms with Gasteiger partial charge in [-0.2, -0.15) is 0 Å². The van der Waals surface area contributed by atoms with Gasteiger partial charge < -0.3 is 19.4 Å². The van der Waals surface area contributed by atoms with Crippen molar-refractivity contribution in [2.45, 2.75) is 40.0 Å². The molecule has 1 aliphatic rings. The van der Waals surface area contributed by atoms with Crippen LogP contribution in [0.25, 0.3) is 0 Å². The summed E-state index contributed by atoms with van der Waals surface area (Å²) in [6.45, 7) is 7.45. The van der Waals surface area contributed by atoms with Crippen LogP contribution < -0.4 is 14.7 Å². The van der Waals surface area contributed by atoms with E-state index in [1.165, 1.54) is 0 Å². The van der Waals surface area contributed by atoms with E-state index < -0.39 is 0 Å². The van der Waals surface area contributed by atoms with Crippen LogP contribution in [0, 0.1) is 0 Å². The Bertz CT molecular complexity index is 1190. The first-order valence-electron chi connectivity index (χ1n) is 13.0. The molecule has 7 heteroatoms. The first kappa shape index (κ1) is 26.9. The number of Topliss-reactive ketones (excluding diaryl/α,β-unsaturated/α-hetero) is 2. The van der Waals surface area contributed by atoms with Crippen molar-refractivity contribution in [1.29, 1.82) is 0 Å². The zero-order valence-corrected chi connectivity index (χ0v) is 22.4. The number of benzene rings is 3. The number of carbonyl (C=O) groups excluding carboxylic acids is 3. The van der Waals surface area contributed by atoms with E-state index in [1.807, 2.05) is 55.5 Å². The van der Waals surface area contributed by atoms with E-state index in [2.05, 4.69) is 39.0 Å². The van der Waals surface area contributed by atoms with Crippen molar-refractivity contribution < 1.29 is 19.1 Å². The van der Waals surface area contributed by atoms with Gasteiger partial charge in [-0.25, -0.2) is 0 Å². The number of hydrogen-bond acceptors (Lipinski definition) is 7. The fourth-order valence-electron chi connectivity index (χ4n) is 4.67. The quantitative estimate of drug-likeness (QED) is 0.362. The number of anilines is 3. The van der Waals surface area contributed by atoms with Crippen LogP contribution in [0.5, 0.6) is 0 Å². The molecule has 1 fully saturated rings. The third kappa shape index (κ3) is 7.22. The van der Waals surface area contributed by atoms with E-state index in [0.29, 0.717) is 39.5 Å². The first-order valence-corrected chi connectivity index (χ1v) is 13.0. The van der Waals surface area contributed by atoms with E-state index in [4.69, 9.17) is 4.74 Å². The summed E-state index contributed by atoms with van der Waals surface area (Å²) in [5, 5.41) is 0. The fourth-order valence-corrected chi connectivity index (χ4v) is 4.67. The summed E-state index contributed by atoms with van der Waals surface area (Å²) in [5.41, 5.74) is 6.11. The van der Waals surface area contributed by atoms with Crippen LogP contribution in [-0.2, 0) is 38.4 Å². The molecule has 198 valence electrons. The lowest BCUT2D eigenvalue weighted by Gasteiger charge is -2.45. The van der Waals surface area contributed by atoms with Gasteiger partial charge in [0.2, 0.25) is 0 Å². The minimum atomic E-state index is -0.225. The lowest BCUT2D eigenvalue weighted by Crippen LogP contribution is -2.55. The van der Waals surface area contributed by atoms with Gasteiger partial charge in [0.15, 0.2) is 0 Å². The van der Waals surface area contributed by atoms with Crippen LogP contribution in [0.1, 0.15) is 37.5 Å². The molecule has 0 aromatic heterocycles. The molecule has 3 aromatic rings. The zero-order chi connectivity index (χ0) is 27.1. The topological polar surface area (TPSA) is 70.2 Å². The van der Waals surface area contributed by atoms with Crippen LogP contribution in [0.3, 0.4) is 0 Å². The molecule has 0 atom stereocenters. The van der Waals surface area contributed by atoms with E-state index in [0.717, 1.165) is 33.8 Å². The second kappa shape index (κ2) is 12.4. The second-order valence-electron chi connectivity index (χ2n) is 9.78. The maximum absolute atomic E-state index is 11.9. The number of ketones is 2. The molecule has 0 N–H and O–H groups in total.